The molecular formula is C21H21N5O2. The van der Waals surface area contributed by atoms with Crippen LogP contribution in [0.25, 0.3) is 10.9 Å². The summed E-state index contributed by atoms with van der Waals surface area (Å²) in [6.45, 7) is 5.43. The number of anilines is 1. The van der Waals surface area contributed by atoms with Gasteiger partial charge >= 0.3 is 6.01 Å². The Morgan fingerprint density at radius 2 is 1.93 bits per heavy atom. The summed E-state index contributed by atoms with van der Waals surface area (Å²) in [5.74, 6) is 0. The van der Waals surface area contributed by atoms with Crippen LogP contribution in [0.5, 0.6) is 6.01 Å². The number of aromatic nitrogens is 3. The van der Waals surface area contributed by atoms with E-state index in [1.807, 2.05) is 31.2 Å². The normalized spacial score (nSPS) is 20.5. The van der Waals surface area contributed by atoms with Crippen LogP contribution < -0.4 is 9.64 Å². The molecule has 0 spiro atoms. The van der Waals surface area contributed by atoms with Crippen LogP contribution in [0.2, 0.25) is 0 Å². The maximum Gasteiger partial charge on any atom is 0.316 e. The van der Waals surface area contributed by atoms with Gasteiger partial charge in [-0.05, 0) is 44.2 Å². The number of hydrogen-bond donors (Lipinski definition) is 0. The number of benzene rings is 1. The third kappa shape index (κ3) is 3.59. The van der Waals surface area contributed by atoms with E-state index in [9.17, 15) is 5.26 Å². The molecule has 0 amide bonds. The van der Waals surface area contributed by atoms with Crippen molar-refractivity contribution in [2.45, 2.75) is 32.2 Å². The van der Waals surface area contributed by atoms with Gasteiger partial charge < -0.3 is 14.4 Å². The molecular weight excluding hydrogens is 354 g/mol. The first kappa shape index (κ1) is 18.1. The Bertz CT molecular complexity index is 1000. The van der Waals surface area contributed by atoms with Crippen LogP contribution in [0.3, 0.4) is 0 Å². The minimum Gasteiger partial charge on any atom is -0.458 e. The third-order valence-electron chi connectivity index (χ3n) is 4.85. The Morgan fingerprint density at radius 1 is 1.14 bits per heavy atom. The summed E-state index contributed by atoms with van der Waals surface area (Å²) in [7, 11) is 0. The van der Waals surface area contributed by atoms with E-state index in [-0.39, 0.29) is 18.3 Å². The van der Waals surface area contributed by atoms with E-state index in [1.54, 1.807) is 24.7 Å². The summed E-state index contributed by atoms with van der Waals surface area (Å²) < 4.78 is 12.0. The molecule has 0 bridgehead atoms. The van der Waals surface area contributed by atoms with Crippen molar-refractivity contribution in [3.8, 4) is 12.1 Å². The Balaban J connectivity index is 1.61. The average molecular weight is 375 g/mol. The molecule has 142 valence electrons. The Kier molecular flexibility index (Phi) is 5.04. The topological polar surface area (TPSA) is 84.2 Å². The second-order valence-electron chi connectivity index (χ2n) is 6.89. The van der Waals surface area contributed by atoms with Crippen LogP contribution in [0, 0.1) is 11.3 Å². The quantitative estimate of drug-likeness (QED) is 0.693. The summed E-state index contributed by atoms with van der Waals surface area (Å²) >= 11 is 0. The molecule has 1 aliphatic rings. The zero-order chi connectivity index (χ0) is 19.5. The molecule has 0 radical (unpaired) electrons. The van der Waals surface area contributed by atoms with Gasteiger partial charge in [0.2, 0.25) is 0 Å². The fraction of sp³-hybridized carbons (Fsp3) is 0.333. The van der Waals surface area contributed by atoms with Gasteiger partial charge in [0, 0.05) is 42.8 Å². The van der Waals surface area contributed by atoms with Gasteiger partial charge in [-0.3, -0.25) is 4.98 Å². The van der Waals surface area contributed by atoms with Gasteiger partial charge in [0.25, 0.3) is 0 Å². The smallest absolute Gasteiger partial charge is 0.316 e. The lowest BCUT2D eigenvalue weighted by atomic mass is 10.1. The van der Waals surface area contributed by atoms with Crippen LogP contribution >= 0.6 is 0 Å². The summed E-state index contributed by atoms with van der Waals surface area (Å²) in [5, 5.41) is 10.3. The molecule has 0 aliphatic carbocycles. The van der Waals surface area contributed by atoms with Crippen LogP contribution in [-0.4, -0.2) is 46.4 Å². The summed E-state index contributed by atoms with van der Waals surface area (Å²) in [6, 6.07) is 12.0. The Hall–Kier alpha value is -3.24. The largest absolute Gasteiger partial charge is 0.458 e. The SMILES string of the molecule is C[C@@H]1CN(c2ccc(C#N)c3ncccc23)C[C@H]([C@@H](C)Oc2ncccn2)O1. The number of morpholine rings is 1. The molecule has 4 rings (SSSR count). The highest BCUT2D eigenvalue weighted by Gasteiger charge is 2.31. The average Bonchev–Trinajstić information content (AvgIpc) is 2.73. The minimum absolute atomic E-state index is 0.0313. The standard InChI is InChI=1S/C21H21N5O2/c1-14-12-26(13-19(27-14)15(2)28-21-24-9-4-10-25-21)18-7-6-16(11-22)20-17(18)5-3-8-23-20/h3-10,14-15,19H,12-13H2,1-2H3/t14-,15-,19-/m1/s1. The number of pyridine rings is 1. The Morgan fingerprint density at radius 3 is 2.71 bits per heavy atom. The highest BCUT2D eigenvalue weighted by Crippen LogP contribution is 2.31. The molecule has 3 atom stereocenters. The predicted molar refractivity (Wildman–Crippen MR) is 105 cm³/mol. The predicted octanol–water partition coefficient (Wildman–Crippen LogP) is 2.96. The molecule has 0 unspecified atom stereocenters. The monoisotopic (exact) mass is 375 g/mol. The lowest BCUT2D eigenvalue weighted by Gasteiger charge is -2.40. The zero-order valence-corrected chi connectivity index (χ0v) is 15.8. The van der Waals surface area contributed by atoms with Crippen molar-refractivity contribution in [2.24, 2.45) is 0 Å². The molecule has 3 heterocycles. The van der Waals surface area contributed by atoms with E-state index in [2.05, 4.69) is 32.8 Å². The van der Waals surface area contributed by atoms with E-state index < -0.39 is 0 Å². The van der Waals surface area contributed by atoms with E-state index in [0.29, 0.717) is 18.1 Å². The molecule has 3 aromatic rings. The van der Waals surface area contributed by atoms with Gasteiger partial charge in [0.1, 0.15) is 18.3 Å². The van der Waals surface area contributed by atoms with E-state index >= 15 is 0 Å². The summed E-state index contributed by atoms with van der Waals surface area (Å²) in [6.07, 6.45) is 4.70. The molecule has 28 heavy (non-hydrogen) atoms. The third-order valence-corrected chi connectivity index (χ3v) is 4.85. The second kappa shape index (κ2) is 7.79. The molecule has 1 saturated heterocycles. The molecule has 7 nitrogen and oxygen atoms in total. The number of rotatable bonds is 4. The molecule has 1 aromatic carbocycles. The van der Waals surface area contributed by atoms with E-state index in [0.717, 1.165) is 23.1 Å². The highest BCUT2D eigenvalue weighted by molar-refractivity contribution is 5.95. The highest BCUT2D eigenvalue weighted by atomic mass is 16.6. The molecule has 7 heteroatoms. The first-order valence-electron chi connectivity index (χ1n) is 9.27. The van der Waals surface area contributed by atoms with Gasteiger partial charge in [-0.25, -0.2) is 9.97 Å². The number of ether oxygens (including phenoxy) is 2. The van der Waals surface area contributed by atoms with Crippen molar-refractivity contribution in [3.63, 3.8) is 0 Å². The number of hydrogen-bond acceptors (Lipinski definition) is 7. The molecule has 0 N–H and O–H groups in total. The number of fused-ring (bicyclic) bond motifs is 1. The van der Waals surface area contributed by atoms with E-state index in [1.165, 1.54) is 0 Å². The number of nitrogens with zero attached hydrogens (tertiary/aromatic N) is 5. The first-order valence-corrected chi connectivity index (χ1v) is 9.27. The fourth-order valence-corrected chi connectivity index (χ4v) is 3.55. The van der Waals surface area contributed by atoms with Gasteiger partial charge in [-0.2, -0.15) is 5.26 Å². The lowest BCUT2D eigenvalue weighted by molar-refractivity contribution is -0.0677. The fourth-order valence-electron chi connectivity index (χ4n) is 3.55. The number of nitriles is 1. The van der Waals surface area contributed by atoms with Crippen LogP contribution in [-0.2, 0) is 4.74 Å². The van der Waals surface area contributed by atoms with Crippen LogP contribution in [0.15, 0.2) is 48.9 Å². The Labute approximate surface area is 163 Å². The molecule has 2 aromatic heterocycles. The molecule has 1 fully saturated rings. The molecule has 1 aliphatic heterocycles. The van der Waals surface area contributed by atoms with Crippen molar-refractivity contribution in [2.75, 3.05) is 18.0 Å². The minimum atomic E-state index is -0.213. The van der Waals surface area contributed by atoms with Crippen molar-refractivity contribution in [1.82, 2.24) is 15.0 Å². The van der Waals surface area contributed by atoms with Crippen molar-refractivity contribution >= 4 is 16.6 Å². The van der Waals surface area contributed by atoms with Crippen molar-refractivity contribution in [1.29, 1.82) is 5.26 Å². The maximum absolute atomic E-state index is 9.38. The van der Waals surface area contributed by atoms with Crippen molar-refractivity contribution in [3.05, 3.63) is 54.5 Å². The van der Waals surface area contributed by atoms with Gasteiger partial charge in [-0.15, -0.1) is 0 Å². The van der Waals surface area contributed by atoms with Gasteiger partial charge in [0.05, 0.1) is 17.2 Å². The lowest BCUT2D eigenvalue weighted by Crippen LogP contribution is -2.52. The zero-order valence-electron chi connectivity index (χ0n) is 15.8. The van der Waals surface area contributed by atoms with E-state index in [4.69, 9.17) is 9.47 Å². The van der Waals surface area contributed by atoms with Crippen molar-refractivity contribution < 1.29 is 9.47 Å². The van der Waals surface area contributed by atoms with Gasteiger partial charge in [0.15, 0.2) is 0 Å². The summed E-state index contributed by atoms with van der Waals surface area (Å²) in [4.78, 5) is 14.9. The van der Waals surface area contributed by atoms with Crippen LogP contribution in [0.1, 0.15) is 19.4 Å². The second-order valence-corrected chi connectivity index (χ2v) is 6.89. The first-order chi connectivity index (χ1) is 13.7. The maximum atomic E-state index is 9.38. The van der Waals surface area contributed by atoms with Crippen LogP contribution in [0.4, 0.5) is 5.69 Å². The molecule has 0 saturated carbocycles. The summed E-state index contributed by atoms with van der Waals surface area (Å²) in [5.41, 5.74) is 2.35. The van der Waals surface area contributed by atoms with Gasteiger partial charge in [-0.1, -0.05) is 0 Å².